The summed E-state index contributed by atoms with van der Waals surface area (Å²) in [5.74, 6) is -2.08. The predicted octanol–water partition coefficient (Wildman–Crippen LogP) is 4.65. The van der Waals surface area contributed by atoms with Crippen LogP contribution in [0.25, 0.3) is 0 Å². The van der Waals surface area contributed by atoms with Gasteiger partial charge >= 0.3 is 5.97 Å². The molecule has 8 heteroatoms. The summed E-state index contributed by atoms with van der Waals surface area (Å²) >= 11 is 1.62. The Bertz CT molecular complexity index is 1320. The molecule has 1 N–H and O–H groups in total. The number of carbonyl (C=O) groups is 3. The summed E-state index contributed by atoms with van der Waals surface area (Å²) in [5.41, 5.74) is 1.94. The molecular weight excluding hydrogens is 560 g/mol. The van der Waals surface area contributed by atoms with Crippen LogP contribution in [0.5, 0.6) is 0 Å². The standard InChI is InChI=1S/C35H42N2O5S/c1-4-6-13-19-42-34(41)29-28-20-24(3)35(43-28)30(29)32(39)37(27(23-38)21-25-14-9-7-10-15-25)31(35)33(40)36(18-5-2)22-26-16-11-8-12-17-26/h4-5,7-12,14-17,24,27-31,38H,1-2,6,13,18-23H2,3H3/t24?,27-,28+,29-,30+,31?,35?/m1/s1. The first-order valence-electron chi connectivity index (χ1n) is 15.2. The van der Waals surface area contributed by atoms with E-state index in [4.69, 9.17) is 4.74 Å². The van der Waals surface area contributed by atoms with Gasteiger partial charge in [0.15, 0.2) is 0 Å². The fourth-order valence-electron chi connectivity index (χ4n) is 7.40. The van der Waals surface area contributed by atoms with Crippen molar-refractivity contribution in [2.24, 2.45) is 17.8 Å². The lowest BCUT2D eigenvalue weighted by Crippen LogP contribution is -2.59. The van der Waals surface area contributed by atoms with E-state index < -0.39 is 28.7 Å². The van der Waals surface area contributed by atoms with Crippen LogP contribution in [0.4, 0.5) is 0 Å². The van der Waals surface area contributed by atoms with Crippen molar-refractivity contribution in [3.63, 3.8) is 0 Å². The third kappa shape index (κ3) is 5.79. The van der Waals surface area contributed by atoms with Gasteiger partial charge in [0.2, 0.25) is 11.8 Å². The van der Waals surface area contributed by atoms with Crippen LogP contribution in [0.1, 0.15) is 37.3 Å². The molecule has 0 aliphatic carbocycles. The molecule has 2 aromatic carbocycles. The quantitative estimate of drug-likeness (QED) is 0.193. The molecule has 1 spiro atoms. The van der Waals surface area contributed by atoms with E-state index in [1.54, 1.807) is 33.7 Å². The molecular formula is C35H42N2O5S. The SMILES string of the molecule is C=CCCCOC(=O)[C@@H]1[C@@H]2CC(C)C3(S2)C(C(=O)N(CC=C)Cc2ccccc2)N([C@@H](CO)Cc2ccccc2)C(=O)[C@H]13. The van der Waals surface area contributed by atoms with Crippen molar-refractivity contribution in [3.05, 3.63) is 97.1 Å². The molecule has 7 atom stereocenters. The van der Waals surface area contributed by atoms with Crippen LogP contribution in [0, 0.1) is 17.8 Å². The number of carbonyl (C=O) groups excluding carboxylic acids is 3. The van der Waals surface area contributed by atoms with Gasteiger partial charge in [-0.05, 0) is 42.7 Å². The van der Waals surface area contributed by atoms with E-state index in [-0.39, 0.29) is 42.2 Å². The molecule has 0 aromatic heterocycles. The fraction of sp³-hybridized carbons (Fsp3) is 0.457. The molecule has 3 fully saturated rings. The Morgan fingerprint density at radius 3 is 2.42 bits per heavy atom. The Balaban J connectivity index is 1.55. The van der Waals surface area contributed by atoms with E-state index in [0.29, 0.717) is 25.9 Å². The van der Waals surface area contributed by atoms with Crippen LogP contribution in [-0.2, 0) is 32.1 Å². The lowest BCUT2D eigenvalue weighted by molar-refractivity contribution is -0.155. The molecule has 0 saturated carbocycles. The first kappa shape index (κ1) is 31.1. The van der Waals surface area contributed by atoms with Crippen molar-refractivity contribution in [1.29, 1.82) is 0 Å². The molecule has 2 amide bonds. The summed E-state index contributed by atoms with van der Waals surface area (Å²) in [6.45, 7) is 10.4. The Hall–Kier alpha value is -3.36. The molecule has 3 aliphatic rings. The fourth-order valence-corrected chi connectivity index (χ4v) is 9.79. The summed E-state index contributed by atoms with van der Waals surface area (Å²) < 4.78 is 4.92. The van der Waals surface area contributed by atoms with Crippen molar-refractivity contribution in [2.45, 2.75) is 61.2 Å². The summed E-state index contributed by atoms with van der Waals surface area (Å²) in [7, 11) is 0. The van der Waals surface area contributed by atoms with Gasteiger partial charge < -0.3 is 19.6 Å². The maximum Gasteiger partial charge on any atom is 0.310 e. The van der Waals surface area contributed by atoms with Crippen LogP contribution in [0.2, 0.25) is 0 Å². The Morgan fingerprint density at radius 2 is 1.79 bits per heavy atom. The zero-order valence-corrected chi connectivity index (χ0v) is 25.7. The number of fused-ring (bicyclic) bond motifs is 1. The van der Waals surface area contributed by atoms with Crippen molar-refractivity contribution >= 4 is 29.5 Å². The molecule has 2 aromatic rings. The number of benzene rings is 2. The highest BCUT2D eigenvalue weighted by molar-refractivity contribution is 8.02. The van der Waals surface area contributed by atoms with Gasteiger partial charge in [0.05, 0.1) is 35.8 Å². The van der Waals surface area contributed by atoms with Crippen molar-refractivity contribution in [1.82, 2.24) is 9.80 Å². The number of aliphatic hydroxyl groups excluding tert-OH is 1. The van der Waals surface area contributed by atoms with Crippen LogP contribution in [0.3, 0.4) is 0 Å². The van der Waals surface area contributed by atoms with E-state index in [9.17, 15) is 19.5 Å². The maximum atomic E-state index is 14.8. The zero-order chi connectivity index (χ0) is 30.6. The smallest absolute Gasteiger partial charge is 0.310 e. The van der Waals surface area contributed by atoms with E-state index >= 15 is 0 Å². The number of rotatable bonds is 14. The number of hydrogen-bond acceptors (Lipinski definition) is 6. The van der Waals surface area contributed by atoms with Crippen LogP contribution in [0.15, 0.2) is 86.0 Å². The number of ether oxygens (including phenoxy) is 1. The van der Waals surface area contributed by atoms with Gasteiger partial charge in [-0.25, -0.2) is 0 Å². The molecule has 3 aliphatic heterocycles. The minimum atomic E-state index is -0.835. The number of aliphatic hydroxyl groups is 1. The number of amides is 2. The lowest BCUT2D eigenvalue weighted by atomic mass is 9.66. The number of esters is 1. The number of hydrogen-bond donors (Lipinski definition) is 1. The van der Waals surface area contributed by atoms with E-state index in [1.807, 2.05) is 60.7 Å². The second-order valence-corrected chi connectivity index (χ2v) is 13.5. The van der Waals surface area contributed by atoms with Crippen LogP contribution in [-0.4, -0.2) is 74.5 Å². The van der Waals surface area contributed by atoms with Crippen LogP contribution < -0.4 is 0 Å². The minimum Gasteiger partial charge on any atom is -0.465 e. The van der Waals surface area contributed by atoms with E-state index in [0.717, 1.165) is 24.0 Å². The molecule has 0 radical (unpaired) electrons. The highest BCUT2D eigenvalue weighted by Crippen LogP contribution is 2.69. The van der Waals surface area contributed by atoms with E-state index in [2.05, 4.69) is 20.1 Å². The van der Waals surface area contributed by atoms with Gasteiger partial charge in [-0.1, -0.05) is 79.7 Å². The molecule has 2 bridgehead atoms. The Kier molecular flexibility index (Phi) is 9.77. The third-order valence-electron chi connectivity index (χ3n) is 9.28. The van der Waals surface area contributed by atoms with Gasteiger partial charge in [-0.15, -0.1) is 24.9 Å². The molecule has 5 rings (SSSR count). The van der Waals surface area contributed by atoms with Gasteiger partial charge in [-0.2, -0.15) is 0 Å². The van der Waals surface area contributed by atoms with Gasteiger partial charge in [0.1, 0.15) is 6.04 Å². The number of likely N-dealkylation sites (tertiary alicyclic amines) is 1. The maximum absolute atomic E-state index is 14.8. The first-order chi connectivity index (χ1) is 20.9. The number of allylic oxidation sites excluding steroid dienone is 1. The molecule has 228 valence electrons. The second kappa shape index (κ2) is 13.5. The second-order valence-electron chi connectivity index (χ2n) is 11.9. The normalized spacial score (nSPS) is 27.9. The topological polar surface area (TPSA) is 87.2 Å². The summed E-state index contributed by atoms with van der Waals surface area (Å²) in [4.78, 5) is 46.5. The number of nitrogens with zero attached hydrogens (tertiary/aromatic N) is 2. The Labute approximate surface area is 259 Å². The van der Waals surface area contributed by atoms with Gasteiger partial charge in [0.25, 0.3) is 0 Å². The third-order valence-corrected chi connectivity index (χ3v) is 11.4. The molecule has 7 nitrogen and oxygen atoms in total. The van der Waals surface area contributed by atoms with Crippen molar-refractivity contribution in [2.75, 3.05) is 19.8 Å². The largest absolute Gasteiger partial charge is 0.465 e. The molecule has 3 unspecified atom stereocenters. The Morgan fingerprint density at radius 1 is 1.12 bits per heavy atom. The number of unbranched alkanes of at least 4 members (excludes halogenated alkanes) is 1. The monoisotopic (exact) mass is 602 g/mol. The average Bonchev–Trinajstić information content (AvgIpc) is 3.62. The summed E-state index contributed by atoms with van der Waals surface area (Å²) in [5, 5.41) is 10.6. The average molecular weight is 603 g/mol. The van der Waals surface area contributed by atoms with Gasteiger partial charge in [-0.3, -0.25) is 14.4 Å². The van der Waals surface area contributed by atoms with Crippen molar-refractivity contribution in [3.8, 4) is 0 Å². The highest BCUT2D eigenvalue weighted by atomic mass is 32.2. The first-order valence-corrected chi connectivity index (χ1v) is 16.1. The van der Waals surface area contributed by atoms with E-state index in [1.165, 1.54) is 0 Å². The molecule has 3 heterocycles. The highest BCUT2D eigenvalue weighted by Gasteiger charge is 2.77. The molecule has 3 saturated heterocycles. The lowest BCUT2D eigenvalue weighted by Gasteiger charge is -2.42. The predicted molar refractivity (Wildman–Crippen MR) is 169 cm³/mol. The van der Waals surface area contributed by atoms with Gasteiger partial charge in [0, 0.05) is 18.3 Å². The zero-order valence-electron chi connectivity index (χ0n) is 24.8. The minimum absolute atomic E-state index is 0.0126. The summed E-state index contributed by atoms with van der Waals surface area (Å²) in [6, 6.07) is 18.0. The van der Waals surface area contributed by atoms with Crippen LogP contribution >= 0.6 is 11.8 Å². The van der Waals surface area contributed by atoms with Crippen molar-refractivity contribution < 1.29 is 24.2 Å². The number of thioether (sulfide) groups is 1. The summed E-state index contributed by atoms with van der Waals surface area (Å²) in [6.07, 6.45) is 6.03. The molecule has 43 heavy (non-hydrogen) atoms.